The molecule has 0 atom stereocenters. The third kappa shape index (κ3) is 8.39. The molecule has 1 radical (unpaired) electrons. The Kier molecular flexibility index (Phi) is 11.6. The van der Waals surface area contributed by atoms with Crippen LogP contribution < -0.4 is 21.3 Å². The van der Waals surface area contributed by atoms with Gasteiger partial charge in [-0.05, 0) is 57.9 Å². The molecule has 14 nitrogen and oxygen atoms in total. The van der Waals surface area contributed by atoms with Crippen molar-refractivity contribution in [2.45, 2.75) is 0 Å². The van der Waals surface area contributed by atoms with E-state index in [9.17, 15) is 0 Å². The van der Waals surface area contributed by atoms with Crippen molar-refractivity contribution in [3.8, 4) is 62.8 Å². The van der Waals surface area contributed by atoms with E-state index >= 15 is 0 Å². The fraction of sp³-hybridized carbons (Fsp3) is 0. The fourth-order valence-electron chi connectivity index (χ4n) is 9.36. The molecule has 0 saturated heterocycles. The maximum atomic E-state index is 6.41. The molecule has 0 unspecified atom stereocenters. The van der Waals surface area contributed by atoms with E-state index in [2.05, 4.69) is 15.0 Å². The molecule has 15 rings (SSSR count). The molecule has 7 aromatic carbocycles. The van der Waals surface area contributed by atoms with E-state index < -0.39 is 15.1 Å². The number of para-hydroxylation sites is 3. The minimum absolute atomic E-state index is 0. The SMILES string of the molecule is [Cu+2].c1ccc2c(c1)-c1nc-2nc2[n-]c(nc3nc(nc4[n-]c(n1)c1ccccc41)-c1ccccc1-3)c1ccccc21.c1cnc2c([O][Al]([O]c3cccc4cccnc34)[O]c3cccc4cccnc34)cccc2c1. The quantitative estimate of drug-likeness (QED) is 0.144. The Morgan fingerprint density at radius 3 is 0.880 bits per heavy atom. The molecule has 0 saturated carbocycles. The van der Waals surface area contributed by atoms with E-state index in [1.54, 1.807) is 18.6 Å². The van der Waals surface area contributed by atoms with E-state index in [0.29, 0.717) is 63.1 Å². The van der Waals surface area contributed by atoms with Gasteiger partial charge in [0.25, 0.3) is 0 Å². The summed E-state index contributed by atoms with van der Waals surface area (Å²) in [6, 6.07) is 61.0. The molecule has 0 amide bonds. The predicted molar refractivity (Wildman–Crippen MR) is 287 cm³/mol. The average Bonchev–Trinajstić information content (AvgIpc) is 4.20. The number of aromatic nitrogens is 11. The van der Waals surface area contributed by atoms with Crippen molar-refractivity contribution in [1.29, 1.82) is 0 Å². The van der Waals surface area contributed by atoms with Gasteiger partial charge in [0.2, 0.25) is 0 Å². The van der Waals surface area contributed by atoms with Crippen molar-refractivity contribution in [1.82, 2.24) is 54.8 Å². The predicted octanol–water partition coefficient (Wildman–Crippen LogP) is 12.0. The first-order valence-corrected chi connectivity index (χ1v) is 25.2. The molecule has 0 fully saturated rings. The summed E-state index contributed by atoms with van der Waals surface area (Å²) in [7, 11) is 0. The molecule has 8 heterocycles. The molecule has 2 aliphatic heterocycles. The fourth-order valence-corrected chi connectivity index (χ4v) is 10.7. The second-order valence-electron chi connectivity index (χ2n) is 17.3. The van der Waals surface area contributed by atoms with Crippen LogP contribution in [0.2, 0.25) is 0 Å². The normalized spacial score (nSPS) is 11.4. The molecule has 0 aliphatic carbocycles. The van der Waals surface area contributed by atoms with Crippen molar-refractivity contribution in [2.75, 3.05) is 0 Å². The van der Waals surface area contributed by atoms with Gasteiger partial charge in [0.05, 0.1) is 23.3 Å². The Labute approximate surface area is 442 Å². The van der Waals surface area contributed by atoms with E-state index in [-0.39, 0.29) is 17.1 Å². The van der Waals surface area contributed by atoms with Crippen LogP contribution in [0.5, 0.6) is 17.2 Å². The molecule has 75 heavy (non-hydrogen) atoms. The molecular formula is C59H34AlCuN11O3. The monoisotopic (exact) mass is 1030 g/mol. The molecule has 6 aromatic heterocycles. The summed E-state index contributed by atoms with van der Waals surface area (Å²) >= 11 is -2.86. The Morgan fingerprint density at radius 2 is 0.573 bits per heavy atom. The molecule has 13 aromatic rings. The van der Waals surface area contributed by atoms with Gasteiger partial charge in [0.1, 0.15) is 33.8 Å². The topological polar surface area (TPSA) is 172 Å². The minimum Gasteiger partial charge on any atom is -0.576 e. The largest absolute Gasteiger partial charge is 2.00 e. The van der Waals surface area contributed by atoms with Crippen LogP contribution in [0.25, 0.3) is 122 Å². The number of hydrogen-bond donors (Lipinski definition) is 0. The summed E-state index contributed by atoms with van der Waals surface area (Å²) in [4.78, 5) is 52.8. The van der Waals surface area contributed by atoms with Gasteiger partial charge in [0, 0.05) is 79.6 Å². The van der Waals surface area contributed by atoms with Crippen molar-refractivity contribution in [2.24, 2.45) is 0 Å². The van der Waals surface area contributed by atoms with Gasteiger partial charge in [-0.1, -0.05) is 152 Å². The van der Waals surface area contributed by atoms with Crippen LogP contribution in [0, 0.1) is 0 Å². The standard InChI is InChI=1S/C32H16N8.3C9H7NO.Al.Cu/c1-2-10-18-17(9-1)25-33-26(18)38-28-21-13-5-6-14-22(21)30(35-28)40-32-24-16-8-7-15-23(24)31(36-32)39-29-20-12-4-3-11-19(20)27(34-29)37-25;3*11-8-5-1-3-7-4-2-6-10-9(7)8;;/h1-16H;3*1-6,11H;;/q-2;;;;+3;+2/p-3. The Bertz CT molecular complexity index is 4020. The zero-order valence-electron chi connectivity index (χ0n) is 39.2. The van der Waals surface area contributed by atoms with Gasteiger partial charge in [0.15, 0.2) is 0 Å². The summed E-state index contributed by atoms with van der Waals surface area (Å²) in [5, 5.41) is 6.51. The molecule has 8 bridgehead atoms. The van der Waals surface area contributed by atoms with Gasteiger partial charge >= 0.3 is 32.2 Å². The van der Waals surface area contributed by atoms with Crippen molar-refractivity contribution in [3.05, 3.63) is 207 Å². The van der Waals surface area contributed by atoms with Gasteiger partial charge in [-0.15, -0.1) is 0 Å². The first kappa shape index (κ1) is 45.4. The Hall–Kier alpha value is -9.42. The smallest absolute Gasteiger partial charge is 0.576 e. The van der Waals surface area contributed by atoms with Crippen LogP contribution in [0.1, 0.15) is 0 Å². The van der Waals surface area contributed by atoms with Crippen LogP contribution in [-0.4, -0.2) is 60.0 Å². The van der Waals surface area contributed by atoms with Crippen molar-refractivity contribution >= 4 is 92.0 Å². The van der Waals surface area contributed by atoms with Crippen LogP contribution in [0.15, 0.2) is 207 Å². The van der Waals surface area contributed by atoms with Crippen LogP contribution in [-0.2, 0) is 17.1 Å². The summed E-state index contributed by atoms with van der Waals surface area (Å²) in [6.45, 7) is 0. The summed E-state index contributed by atoms with van der Waals surface area (Å²) < 4.78 is 19.2. The zero-order chi connectivity index (χ0) is 49.0. The molecule has 2 aliphatic rings. The molecule has 357 valence electrons. The van der Waals surface area contributed by atoms with Gasteiger partial charge < -0.3 is 41.3 Å². The summed E-state index contributed by atoms with van der Waals surface area (Å²) in [6.07, 6.45) is 5.24. The second kappa shape index (κ2) is 19.2. The van der Waals surface area contributed by atoms with E-state index in [1.165, 1.54) is 0 Å². The second-order valence-corrected chi connectivity index (χ2v) is 18.6. The third-order valence-corrected chi connectivity index (χ3v) is 14.1. The molecular weight excluding hydrogens is 1000 g/mol. The van der Waals surface area contributed by atoms with E-state index in [4.69, 9.17) is 51.2 Å². The van der Waals surface area contributed by atoms with Crippen LogP contribution >= 0.6 is 0 Å². The molecule has 0 N–H and O–H groups in total. The number of fused-ring (bicyclic) bond motifs is 23. The maximum Gasteiger partial charge on any atom is 2.00 e. The first-order chi connectivity index (χ1) is 36.6. The Morgan fingerprint density at radius 1 is 0.293 bits per heavy atom. The number of pyridine rings is 3. The minimum atomic E-state index is -2.86. The van der Waals surface area contributed by atoms with E-state index in [0.717, 1.165) is 76.5 Å². The number of nitrogens with zero attached hydrogens (tertiary/aromatic N) is 11. The van der Waals surface area contributed by atoms with Crippen LogP contribution in [0.4, 0.5) is 0 Å². The maximum absolute atomic E-state index is 6.41. The average molecular weight is 1040 g/mol. The Balaban J connectivity index is 0.000000144. The number of benzene rings is 7. The van der Waals surface area contributed by atoms with Crippen molar-refractivity contribution in [3.63, 3.8) is 0 Å². The third-order valence-electron chi connectivity index (χ3n) is 12.8. The molecule has 0 spiro atoms. The number of rotatable bonds is 6. The van der Waals surface area contributed by atoms with E-state index in [1.807, 2.05) is 188 Å². The van der Waals surface area contributed by atoms with Gasteiger partial charge in [-0.25, -0.2) is 9.97 Å². The number of hydrogen-bond acceptors (Lipinski definition) is 12. The van der Waals surface area contributed by atoms with Crippen LogP contribution in [0.3, 0.4) is 0 Å². The molecule has 16 heteroatoms. The van der Waals surface area contributed by atoms with Gasteiger partial charge in [-0.2, -0.15) is 0 Å². The van der Waals surface area contributed by atoms with Crippen molar-refractivity contribution < 1.29 is 28.4 Å². The summed E-state index contributed by atoms with van der Waals surface area (Å²) in [5.41, 5.74) is 8.04. The zero-order valence-corrected chi connectivity index (χ0v) is 41.2. The first-order valence-electron chi connectivity index (χ1n) is 23.8. The van der Waals surface area contributed by atoms with Gasteiger partial charge in [-0.3, -0.25) is 15.0 Å². The summed E-state index contributed by atoms with van der Waals surface area (Å²) in [5.74, 6) is 4.03.